The Hall–Kier alpha value is -1.61. The molecule has 0 radical (unpaired) electrons. The molecule has 1 aliphatic heterocycles. The molecule has 112 valence electrons. The summed E-state index contributed by atoms with van der Waals surface area (Å²) in [6.07, 6.45) is 1.22. The van der Waals surface area contributed by atoms with Crippen molar-refractivity contribution in [3.63, 3.8) is 0 Å². The first-order valence-electron chi connectivity index (χ1n) is 6.11. The molecule has 2 rings (SSSR count). The maximum Gasteiger partial charge on any atom is 0.232 e. The van der Waals surface area contributed by atoms with Gasteiger partial charge in [-0.2, -0.15) is 14.3 Å². The van der Waals surface area contributed by atoms with Gasteiger partial charge in [0.05, 0.1) is 26.5 Å². The fraction of sp³-hybridized carbons (Fsp3) is 0.636. The Bertz CT molecular complexity index is 548. The predicted octanol–water partition coefficient (Wildman–Crippen LogP) is -0.425. The predicted molar refractivity (Wildman–Crippen MR) is 73.8 cm³/mol. The van der Waals surface area contributed by atoms with Crippen LogP contribution in [-0.2, 0) is 10.0 Å². The van der Waals surface area contributed by atoms with E-state index in [1.807, 2.05) is 4.90 Å². The zero-order valence-electron chi connectivity index (χ0n) is 11.7. The summed E-state index contributed by atoms with van der Waals surface area (Å²) < 4.78 is 34.6. The topological polar surface area (TPSA) is 84.9 Å². The van der Waals surface area contributed by atoms with Crippen molar-refractivity contribution in [2.24, 2.45) is 0 Å². The molecule has 8 nitrogen and oxygen atoms in total. The van der Waals surface area contributed by atoms with Crippen LogP contribution in [0.15, 0.2) is 6.07 Å². The summed E-state index contributed by atoms with van der Waals surface area (Å²) in [6.45, 7) is 1.90. The molecular formula is C11H18N4O4S. The molecule has 1 fully saturated rings. The molecule has 0 atom stereocenters. The lowest BCUT2D eigenvalue weighted by Gasteiger charge is -2.33. The highest BCUT2D eigenvalue weighted by molar-refractivity contribution is 7.88. The molecule has 2 heterocycles. The number of aromatic nitrogens is 2. The Morgan fingerprint density at radius 2 is 1.55 bits per heavy atom. The molecular weight excluding hydrogens is 284 g/mol. The minimum absolute atomic E-state index is 0.414. The van der Waals surface area contributed by atoms with Crippen LogP contribution < -0.4 is 14.4 Å². The largest absolute Gasteiger partial charge is 0.481 e. The van der Waals surface area contributed by atoms with Crippen LogP contribution in [0.1, 0.15) is 0 Å². The monoisotopic (exact) mass is 302 g/mol. The number of rotatable bonds is 4. The standard InChI is InChI=1S/C11H18N4O4S/c1-18-9-8-10(19-2)13-11(12-9)14-4-6-15(7-5-14)20(3,16)17/h8H,4-7H2,1-3H3. The minimum atomic E-state index is -3.14. The lowest BCUT2D eigenvalue weighted by Crippen LogP contribution is -2.48. The van der Waals surface area contributed by atoms with Crippen molar-refractivity contribution >= 4 is 16.0 Å². The summed E-state index contributed by atoms with van der Waals surface area (Å²) in [4.78, 5) is 10.4. The van der Waals surface area contributed by atoms with Gasteiger partial charge in [0, 0.05) is 26.2 Å². The molecule has 0 aliphatic carbocycles. The molecule has 9 heteroatoms. The Morgan fingerprint density at radius 1 is 1.05 bits per heavy atom. The third-order valence-electron chi connectivity index (χ3n) is 3.08. The fourth-order valence-corrected chi connectivity index (χ4v) is 2.79. The molecule has 0 aromatic carbocycles. The summed E-state index contributed by atoms with van der Waals surface area (Å²) in [7, 11) is -0.0987. The van der Waals surface area contributed by atoms with Gasteiger partial charge in [0.15, 0.2) is 0 Å². The molecule has 20 heavy (non-hydrogen) atoms. The normalized spacial score (nSPS) is 17.1. The quantitative estimate of drug-likeness (QED) is 0.746. The lowest BCUT2D eigenvalue weighted by atomic mass is 10.4. The van der Waals surface area contributed by atoms with Crippen molar-refractivity contribution in [3.8, 4) is 11.8 Å². The van der Waals surface area contributed by atoms with Crippen molar-refractivity contribution in [2.45, 2.75) is 0 Å². The second-order valence-electron chi connectivity index (χ2n) is 4.40. The van der Waals surface area contributed by atoms with Crippen molar-refractivity contribution in [1.29, 1.82) is 0 Å². The van der Waals surface area contributed by atoms with E-state index in [1.54, 1.807) is 6.07 Å². The van der Waals surface area contributed by atoms with Crippen molar-refractivity contribution in [3.05, 3.63) is 6.07 Å². The summed E-state index contributed by atoms with van der Waals surface area (Å²) in [5, 5.41) is 0. The Balaban J connectivity index is 2.14. The van der Waals surface area contributed by atoms with Gasteiger partial charge in [-0.25, -0.2) is 8.42 Å². The van der Waals surface area contributed by atoms with Gasteiger partial charge >= 0.3 is 0 Å². The number of anilines is 1. The van der Waals surface area contributed by atoms with E-state index in [2.05, 4.69) is 9.97 Å². The fourth-order valence-electron chi connectivity index (χ4n) is 1.96. The molecule has 0 bridgehead atoms. The van der Waals surface area contributed by atoms with E-state index in [0.717, 1.165) is 0 Å². The number of piperazine rings is 1. The van der Waals surface area contributed by atoms with Gasteiger partial charge in [0.25, 0.3) is 0 Å². The number of ether oxygens (including phenoxy) is 2. The van der Waals surface area contributed by atoms with E-state index in [0.29, 0.717) is 43.9 Å². The van der Waals surface area contributed by atoms with E-state index in [4.69, 9.17) is 9.47 Å². The molecule has 1 saturated heterocycles. The van der Waals surface area contributed by atoms with Crippen LogP contribution in [0.25, 0.3) is 0 Å². The van der Waals surface area contributed by atoms with Crippen LogP contribution in [0.2, 0.25) is 0 Å². The third kappa shape index (κ3) is 3.28. The van der Waals surface area contributed by atoms with Crippen LogP contribution in [0.5, 0.6) is 11.8 Å². The number of sulfonamides is 1. The highest BCUT2D eigenvalue weighted by atomic mass is 32.2. The number of methoxy groups -OCH3 is 2. The van der Waals surface area contributed by atoms with Gasteiger partial charge in [-0.3, -0.25) is 0 Å². The molecule has 0 saturated carbocycles. The lowest BCUT2D eigenvalue weighted by molar-refractivity contribution is 0.363. The Morgan fingerprint density at radius 3 is 1.95 bits per heavy atom. The summed E-state index contributed by atoms with van der Waals surface area (Å²) >= 11 is 0. The van der Waals surface area contributed by atoms with Gasteiger partial charge in [0.1, 0.15) is 0 Å². The first-order valence-corrected chi connectivity index (χ1v) is 7.96. The maximum absolute atomic E-state index is 11.5. The van der Waals surface area contributed by atoms with Crippen molar-refractivity contribution in [1.82, 2.24) is 14.3 Å². The zero-order chi connectivity index (χ0) is 14.8. The second kappa shape index (κ2) is 5.80. The molecule has 0 unspecified atom stereocenters. The van der Waals surface area contributed by atoms with Gasteiger partial charge in [-0.1, -0.05) is 0 Å². The Kier molecular flexibility index (Phi) is 4.29. The average Bonchev–Trinajstić information content (AvgIpc) is 2.46. The summed E-state index contributed by atoms with van der Waals surface area (Å²) in [6, 6.07) is 1.59. The second-order valence-corrected chi connectivity index (χ2v) is 6.38. The summed E-state index contributed by atoms with van der Waals surface area (Å²) in [5.74, 6) is 1.31. The highest BCUT2D eigenvalue weighted by Gasteiger charge is 2.25. The van der Waals surface area contributed by atoms with E-state index >= 15 is 0 Å². The van der Waals surface area contributed by atoms with E-state index in [-0.39, 0.29) is 0 Å². The minimum Gasteiger partial charge on any atom is -0.481 e. The zero-order valence-corrected chi connectivity index (χ0v) is 12.6. The van der Waals surface area contributed by atoms with Gasteiger partial charge < -0.3 is 14.4 Å². The number of hydrogen-bond acceptors (Lipinski definition) is 7. The van der Waals surface area contributed by atoms with Crippen LogP contribution in [0.4, 0.5) is 5.95 Å². The molecule has 1 aromatic rings. The van der Waals surface area contributed by atoms with Crippen molar-refractivity contribution in [2.75, 3.05) is 51.6 Å². The van der Waals surface area contributed by atoms with Crippen LogP contribution in [0, 0.1) is 0 Å². The first kappa shape index (κ1) is 14.8. The molecule has 1 aromatic heterocycles. The van der Waals surface area contributed by atoms with E-state index in [1.165, 1.54) is 24.8 Å². The van der Waals surface area contributed by atoms with E-state index < -0.39 is 10.0 Å². The maximum atomic E-state index is 11.5. The SMILES string of the molecule is COc1cc(OC)nc(N2CCN(S(C)(=O)=O)CC2)n1. The Labute approximate surface area is 118 Å². The van der Waals surface area contributed by atoms with E-state index in [9.17, 15) is 8.42 Å². The first-order chi connectivity index (χ1) is 9.44. The summed E-state index contributed by atoms with van der Waals surface area (Å²) in [5.41, 5.74) is 0. The molecule has 0 N–H and O–H groups in total. The van der Waals surface area contributed by atoms with Gasteiger partial charge in [-0.05, 0) is 0 Å². The number of nitrogens with zero attached hydrogens (tertiary/aromatic N) is 4. The van der Waals surface area contributed by atoms with Gasteiger partial charge in [-0.15, -0.1) is 0 Å². The van der Waals surface area contributed by atoms with Gasteiger partial charge in [0.2, 0.25) is 27.7 Å². The highest BCUT2D eigenvalue weighted by Crippen LogP contribution is 2.21. The molecule has 0 amide bonds. The van der Waals surface area contributed by atoms with Crippen LogP contribution in [0.3, 0.4) is 0 Å². The average molecular weight is 302 g/mol. The van der Waals surface area contributed by atoms with Crippen LogP contribution in [-0.4, -0.2) is 69.3 Å². The van der Waals surface area contributed by atoms with Crippen LogP contribution >= 0.6 is 0 Å². The molecule has 0 spiro atoms. The smallest absolute Gasteiger partial charge is 0.232 e. The molecule has 1 aliphatic rings. The number of hydrogen-bond donors (Lipinski definition) is 0. The van der Waals surface area contributed by atoms with Crippen molar-refractivity contribution < 1.29 is 17.9 Å². The third-order valence-corrected chi connectivity index (χ3v) is 4.38.